The third kappa shape index (κ3) is 3.76. The number of aromatic nitrogens is 3. The number of aromatic amines is 1. The molecule has 0 aliphatic rings. The summed E-state index contributed by atoms with van der Waals surface area (Å²) in [6, 6.07) is 14.0. The molecule has 0 amide bonds. The molecule has 0 atom stereocenters. The second kappa shape index (κ2) is 7.84. The number of hydrogen-bond donors (Lipinski definition) is 1. The average molecular weight is 420 g/mol. The Morgan fingerprint density at radius 3 is 2.40 bits per heavy atom. The van der Waals surface area contributed by atoms with Crippen LogP contribution in [0.1, 0.15) is 33.5 Å². The minimum absolute atomic E-state index is 0.0159. The minimum atomic E-state index is -3.59. The standard InChI is InChI=1S/C23H21N3O3S/c1-15-4-3-5-16(2)22(15)30(28,29)20-9-6-17(7-10-20)8-11-21(27)18-12-19-14-25-26-23(19)24-13-18/h3-7,9-10,12-14H,8,11H2,1-2H3,(H,24,25,26). The number of H-pyrrole nitrogens is 1. The molecule has 0 fully saturated rings. The number of benzene rings is 2. The van der Waals surface area contributed by atoms with Gasteiger partial charge < -0.3 is 0 Å². The predicted octanol–water partition coefficient (Wildman–Crippen LogP) is 4.22. The van der Waals surface area contributed by atoms with E-state index in [9.17, 15) is 13.2 Å². The Balaban J connectivity index is 1.49. The van der Waals surface area contributed by atoms with Gasteiger partial charge in [-0.3, -0.25) is 9.89 Å². The molecule has 1 N–H and O–H groups in total. The van der Waals surface area contributed by atoms with E-state index < -0.39 is 9.84 Å². The van der Waals surface area contributed by atoms with Gasteiger partial charge in [0, 0.05) is 23.6 Å². The Hall–Kier alpha value is -3.32. The zero-order valence-corrected chi connectivity index (χ0v) is 17.5. The molecule has 0 radical (unpaired) electrons. The number of Topliss-reactive ketones (excluding diaryl/α,β-unsaturated/α-hetero) is 1. The monoisotopic (exact) mass is 419 g/mol. The number of pyridine rings is 1. The molecule has 0 saturated carbocycles. The highest BCUT2D eigenvalue weighted by Crippen LogP contribution is 2.27. The molecule has 0 aliphatic carbocycles. The highest BCUT2D eigenvalue weighted by Gasteiger charge is 2.21. The first-order chi connectivity index (χ1) is 14.4. The normalized spacial score (nSPS) is 11.7. The topological polar surface area (TPSA) is 92.8 Å². The fourth-order valence-electron chi connectivity index (χ4n) is 3.57. The molecule has 6 nitrogen and oxygen atoms in total. The molecule has 2 heterocycles. The van der Waals surface area contributed by atoms with Crippen molar-refractivity contribution in [2.24, 2.45) is 0 Å². The van der Waals surface area contributed by atoms with Crippen LogP contribution in [0.25, 0.3) is 11.0 Å². The Kier molecular flexibility index (Phi) is 5.22. The first kappa shape index (κ1) is 20.0. The zero-order valence-electron chi connectivity index (χ0n) is 16.7. The number of carbonyl (C=O) groups excluding carboxylic acids is 1. The van der Waals surface area contributed by atoms with E-state index >= 15 is 0 Å². The number of aryl methyl sites for hydroxylation is 3. The molecule has 4 rings (SSSR count). The summed E-state index contributed by atoms with van der Waals surface area (Å²) in [6.07, 6.45) is 4.01. The molecule has 30 heavy (non-hydrogen) atoms. The molecule has 2 aromatic carbocycles. The number of nitrogens with one attached hydrogen (secondary N) is 1. The van der Waals surface area contributed by atoms with Crippen molar-refractivity contribution in [2.45, 2.75) is 36.5 Å². The number of carbonyl (C=O) groups is 1. The summed E-state index contributed by atoms with van der Waals surface area (Å²) >= 11 is 0. The third-order valence-electron chi connectivity index (χ3n) is 5.17. The van der Waals surface area contributed by atoms with Gasteiger partial charge >= 0.3 is 0 Å². The van der Waals surface area contributed by atoms with Crippen molar-refractivity contribution in [3.05, 3.63) is 83.2 Å². The van der Waals surface area contributed by atoms with Gasteiger partial charge in [0.25, 0.3) is 0 Å². The fourth-order valence-corrected chi connectivity index (χ4v) is 5.28. The molecular weight excluding hydrogens is 398 g/mol. The lowest BCUT2D eigenvalue weighted by Gasteiger charge is -2.11. The molecule has 0 aliphatic heterocycles. The maximum absolute atomic E-state index is 13.1. The third-order valence-corrected chi connectivity index (χ3v) is 7.24. The first-order valence-corrected chi connectivity index (χ1v) is 11.1. The van der Waals surface area contributed by atoms with Crippen LogP contribution in [-0.2, 0) is 16.3 Å². The summed E-state index contributed by atoms with van der Waals surface area (Å²) < 4.78 is 26.1. The van der Waals surface area contributed by atoms with Gasteiger partial charge in [-0.1, -0.05) is 30.3 Å². The van der Waals surface area contributed by atoms with Gasteiger partial charge in [0.1, 0.15) is 0 Å². The van der Waals surface area contributed by atoms with Crippen molar-refractivity contribution in [3.63, 3.8) is 0 Å². The van der Waals surface area contributed by atoms with Gasteiger partial charge in [-0.25, -0.2) is 13.4 Å². The SMILES string of the molecule is Cc1cccc(C)c1S(=O)(=O)c1ccc(CCC(=O)c2cnc3[nH]ncc3c2)cc1. The lowest BCUT2D eigenvalue weighted by molar-refractivity contribution is 0.0982. The van der Waals surface area contributed by atoms with Crippen molar-refractivity contribution in [2.75, 3.05) is 0 Å². The van der Waals surface area contributed by atoms with E-state index in [1.54, 1.807) is 68.7 Å². The Morgan fingerprint density at radius 2 is 1.70 bits per heavy atom. The lowest BCUT2D eigenvalue weighted by atomic mass is 10.0. The van der Waals surface area contributed by atoms with E-state index in [1.165, 1.54) is 0 Å². The number of ketones is 1. The van der Waals surface area contributed by atoms with Gasteiger partial charge in [0.2, 0.25) is 9.84 Å². The van der Waals surface area contributed by atoms with Gasteiger partial charge in [0.15, 0.2) is 11.4 Å². The predicted molar refractivity (Wildman–Crippen MR) is 114 cm³/mol. The van der Waals surface area contributed by atoms with Gasteiger partial charge in [-0.05, 0) is 55.2 Å². The van der Waals surface area contributed by atoms with Crippen LogP contribution in [0, 0.1) is 13.8 Å². The highest BCUT2D eigenvalue weighted by molar-refractivity contribution is 7.91. The van der Waals surface area contributed by atoms with E-state index in [-0.39, 0.29) is 10.7 Å². The van der Waals surface area contributed by atoms with E-state index in [0.717, 1.165) is 22.1 Å². The molecule has 4 aromatic rings. The molecule has 0 saturated heterocycles. The van der Waals surface area contributed by atoms with Crippen LogP contribution in [0.15, 0.2) is 70.7 Å². The van der Waals surface area contributed by atoms with Crippen LogP contribution in [0.3, 0.4) is 0 Å². The summed E-state index contributed by atoms with van der Waals surface area (Å²) in [5, 5.41) is 7.46. The molecule has 0 spiro atoms. The number of rotatable bonds is 6. The molecule has 0 bridgehead atoms. The van der Waals surface area contributed by atoms with E-state index in [2.05, 4.69) is 15.2 Å². The number of sulfone groups is 1. The summed E-state index contributed by atoms with van der Waals surface area (Å²) in [5.41, 5.74) is 3.55. The quantitative estimate of drug-likeness (QED) is 0.472. The molecule has 2 aromatic heterocycles. The smallest absolute Gasteiger partial charge is 0.207 e. The largest absolute Gasteiger partial charge is 0.294 e. The molecular formula is C23H21N3O3S. The van der Waals surface area contributed by atoms with E-state index in [4.69, 9.17) is 0 Å². The van der Waals surface area contributed by atoms with Crippen molar-refractivity contribution in [1.29, 1.82) is 0 Å². The second-order valence-electron chi connectivity index (χ2n) is 7.32. The van der Waals surface area contributed by atoms with Crippen LogP contribution < -0.4 is 0 Å². The Morgan fingerprint density at radius 1 is 1.00 bits per heavy atom. The fraction of sp³-hybridized carbons (Fsp3) is 0.174. The minimum Gasteiger partial charge on any atom is -0.294 e. The van der Waals surface area contributed by atoms with Gasteiger partial charge in [0.05, 0.1) is 16.0 Å². The maximum atomic E-state index is 13.1. The van der Waals surface area contributed by atoms with Crippen LogP contribution in [0.2, 0.25) is 0 Å². The van der Waals surface area contributed by atoms with Crippen molar-refractivity contribution in [3.8, 4) is 0 Å². The lowest BCUT2D eigenvalue weighted by Crippen LogP contribution is -2.07. The highest BCUT2D eigenvalue weighted by atomic mass is 32.2. The van der Waals surface area contributed by atoms with E-state index in [1.807, 2.05) is 6.07 Å². The Bertz CT molecular complexity index is 1320. The summed E-state index contributed by atoms with van der Waals surface area (Å²) in [7, 11) is -3.59. The van der Waals surface area contributed by atoms with Crippen molar-refractivity contribution in [1.82, 2.24) is 15.2 Å². The number of hydrogen-bond acceptors (Lipinski definition) is 5. The molecule has 7 heteroatoms. The first-order valence-electron chi connectivity index (χ1n) is 9.59. The summed E-state index contributed by atoms with van der Waals surface area (Å²) in [5.74, 6) is -0.0159. The van der Waals surface area contributed by atoms with Gasteiger partial charge in [-0.2, -0.15) is 5.10 Å². The van der Waals surface area contributed by atoms with Crippen molar-refractivity contribution >= 4 is 26.7 Å². The van der Waals surface area contributed by atoms with E-state index in [0.29, 0.717) is 28.9 Å². The number of fused-ring (bicyclic) bond motifs is 1. The zero-order chi connectivity index (χ0) is 21.3. The van der Waals surface area contributed by atoms with Crippen LogP contribution >= 0.6 is 0 Å². The second-order valence-corrected chi connectivity index (χ2v) is 9.21. The van der Waals surface area contributed by atoms with Crippen LogP contribution in [0.5, 0.6) is 0 Å². The van der Waals surface area contributed by atoms with Crippen LogP contribution in [0.4, 0.5) is 0 Å². The maximum Gasteiger partial charge on any atom is 0.207 e. The van der Waals surface area contributed by atoms with Gasteiger partial charge in [-0.15, -0.1) is 0 Å². The summed E-state index contributed by atoms with van der Waals surface area (Å²) in [4.78, 5) is 17.3. The molecule has 0 unspecified atom stereocenters. The summed E-state index contributed by atoms with van der Waals surface area (Å²) in [6.45, 7) is 3.60. The average Bonchev–Trinajstić information content (AvgIpc) is 3.20. The molecule has 152 valence electrons. The van der Waals surface area contributed by atoms with Crippen molar-refractivity contribution < 1.29 is 13.2 Å². The Labute approximate surface area is 174 Å². The number of nitrogens with zero attached hydrogens (tertiary/aromatic N) is 2. The van der Waals surface area contributed by atoms with Crippen LogP contribution in [-0.4, -0.2) is 29.4 Å².